The summed E-state index contributed by atoms with van der Waals surface area (Å²) in [6.07, 6.45) is 2.73. The summed E-state index contributed by atoms with van der Waals surface area (Å²) in [7, 11) is -8.75. The van der Waals surface area contributed by atoms with Gasteiger partial charge in [0.05, 0.1) is 5.69 Å². The molecule has 0 radical (unpaired) electrons. The summed E-state index contributed by atoms with van der Waals surface area (Å²) in [5.74, 6) is -2.72. The van der Waals surface area contributed by atoms with E-state index in [0.717, 1.165) is 4.68 Å². The molecule has 0 fully saturated rings. The van der Waals surface area contributed by atoms with Gasteiger partial charge in [-0.1, -0.05) is 5.21 Å². The first kappa shape index (κ1) is 20.8. The van der Waals surface area contributed by atoms with E-state index in [-0.39, 0.29) is 0 Å². The van der Waals surface area contributed by atoms with Gasteiger partial charge in [-0.2, -0.15) is 0 Å². The third kappa shape index (κ3) is 8.96. The first-order valence-electron chi connectivity index (χ1n) is 6.62. The van der Waals surface area contributed by atoms with Crippen molar-refractivity contribution in [2.45, 2.75) is 44.5 Å². The lowest BCUT2D eigenvalue weighted by Gasteiger charge is -2.25. The van der Waals surface area contributed by atoms with Gasteiger partial charge < -0.3 is 24.6 Å². The Balaban J connectivity index is 2.65. The van der Waals surface area contributed by atoms with Crippen LogP contribution < -0.4 is 0 Å². The molecule has 1 aromatic heterocycles. The largest absolute Gasteiger partial charge is 0.432 e. The zero-order valence-electron chi connectivity index (χ0n) is 12.7. The van der Waals surface area contributed by atoms with Crippen molar-refractivity contribution in [1.82, 2.24) is 15.0 Å². The lowest BCUT2D eigenvalue weighted by atomic mass is 10.3. The van der Waals surface area contributed by atoms with Crippen LogP contribution in [0.25, 0.3) is 0 Å². The topological polar surface area (TPSA) is 167 Å². The van der Waals surface area contributed by atoms with E-state index in [1.165, 1.54) is 6.20 Å². The van der Waals surface area contributed by atoms with Crippen LogP contribution in [0, 0.1) is 0 Å². The number of hydrogen-bond acceptors (Lipinski definition) is 9. The molecule has 134 valence electrons. The minimum Gasteiger partial charge on any atom is -0.432 e. The first-order valence-corrected chi connectivity index (χ1v) is 12.2. The van der Waals surface area contributed by atoms with Crippen molar-refractivity contribution in [3.8, 4) is 0 Å². The summed E-state index contributed by atoms with van der Waals surface area (Å²) in [6, 6.07) is 0.696. The van der Waals surface area contributed by atoms with Gasteiger partial charge in [0.25, 0.3) is 0 Å². The van der Waals surface area contributed by atoms with Gasteiger partial charge in [-0.3, -0.25) is 13.6 Å². The van der Waals surface area contributed by atoms with E-state index in [4.69, 9.17) is 14.7 Å². The number of aliphatic hydroxyl groups is 1. The van der Waals surface area contributed by atoms with Gasteiger partial charge in [0, 0.05) is 6.20 Å². The van der Waals surface area contributed by atoms with Gasteiger partial charge in [0.1, 0.15) is 6.54 Å². The number of aryl methyl sites for hydroxylation is 1. The number of nitrogens with zero attached hydrogens (tertiary/aromatic N) is 3. The molecule has 0 saturated carbocycles. The fourth-order valence-electron chi connectivity index (χ4n) is 1.78. The molecule has 1 heterocycles. The molecule has 0 amide bonds. The number of rotatable bonds is 10. The molecule has 14 heteroatoms. The molecule has 0 spiro atoms. The third-order valence-corrected chi connectivity index (χ3v) is 5.16. The van der Waals surface area contributed by atoms with E-state index in [9.17, 15) is 14.5 Å². The van der Waals surface area contributed by atoms with Crippen LogP contribution in [0.3, 0.4) is 0 Å². The van der Waals surface area contributed by atoms with Crippen molar-refractivity contribution >= 4 is 25.2 Å². The minimum absolute atomic E-state index is 0.556. The molecule has 0 aromatic carbocycles. The molecule has 23 heavy (non-hydrogen) atoms. The van der Waals surface area contributed by atoms with Gasteiger partial charge in [-0.15, -0.1) is 5.10 Å². The molecule has 5 N–H and O–H groups in total. The fraction of sp³-hybridized carbons (Fsp3) is 0.778. The molecule has 0 saturated heterocycles. The van der Waals surface area contributed by atoms with Crippen molar-refractivity contribution in [1.29, 1.82) is 0 Å². The lowest BCUT2D eigenvalue weighted by Crippen LogP contribution is -2.37. The van der Waals surface area contributed by atoms with Gasteiger partial charge in [-0.05, 0) is 32.0 Å². The standard InChI is InChI=1S/C9H21N3O8P2Si/c1-23(2,18)5-3-4-8-6-12(11-10-8)7-9(13,19-21(14)15)20-22(16)17/h6,13-15,18,22H,3-5,7H2,1-2H3,(H,16,17). The Hall–Kier alpha value is -0.263. The number of aromatic nitrogens is 3. The predicted molar refractivity (Wildman–Crippen MR) is 82.5 cm³/mol. The molecule has 2 atom stereocenters. The highest BCUT2D eigenvalue weighted by Gasteiger charge is 2.36. The lowest BCUT2D eigenvalue weighted by molar-refractivity contribution is -0.284. The predicted octanol–water partition coefficient (Wildman–Crippen LogP) is -0.319. The molecule has 0 aliphatic carbocycles. The fourth-order valence-corrected chi connectivity index (χ4v) is 3.62. The summed E-state index contributed by atoms with van der Waals surface area (Å²) < 4.78 is 20.5. The Morgan fingerprint density at radius 2 is 2.13 bits per heavy atom. The van der Waals surface area contributed by atoms with Gasteiger partial charge >= 0.3 is 22.8 Å². The molecule has 0 bridgehead atoms. The molecular weight excluding hydrogens is 368 g/mol. The highest BCUT2D eigenvalue weighted by atomic mass is 31.2. The molecule has 11 nitrogen and oxygen atoms in total. The SMILES string of the molecule is C[Si](C)(O)CCCc1cn(CC(O)(OP(O)O)O[PH](=O)O)nn1. The molecule has 2 unspecified atom stereocenters. The van der Waals surface area contributed by atoms with Gasteiger partial charge in [-0.25, -0.2) is 4.68 Å². The second-order valence-electron chi connectivity index (χ2n) is 5.50. The maximum atomic E-state index is 10.7. The third-order valence-electron chi connectivity index (χ3n) is 2.64. The summed E-state index contributed by atoms with van der Waals surface area (Å²) in [4.78, 5) is 36.1. The summed E-state index contributed by atoms with van der Waals surface area (Å²) in [5.41, 5.74) is 0.581. The van der Waals surface area contributed by atoms with E-state index in [1.807, 2.05) is 13.1 Å². The van der Waals surface area contributed by atoms with Crippen LogP contribution in [0.5, 0.6) is 0 Å². The second-order valence-corrected chi connectivity index (χ2v) is 11.0. The average molecular weight is 389 g/mol. The van der Waals surface area contributed by atoms with Crippen molar-refractivity contribution in [3.05, 3.63) is 11.9 Å². The first-order chi connectivity index (χ1) is 10.5. The van der Waals surface area contributed by atoms with Crippen LogP contribution in [-0.4, -0.2) is 53.9 Å². The van der Waals surface area contributed by atoms with Crippen LogP contribution in [0.2, 0.25) is 19.1 Å². The van der Waals surface area contributed by atoms with Gasteiger partial charge in [0.15, 0.2) is 8.32 Å². The highest BCUT2D eigenvalue weighted by molar-refractivity contribution is 7.39. The van der Waals surface area contributed by atoms with E-state index < -0.39 is 37.7 Å². The average Bonchev–Trinajstić information content (AvgIpc) is 2.71. The van der Waals surface area contributed by atoms with Crippen molar-refractivity contribution in [2.75, 3.05) is 0 Å². The van der Waals surface area contributed by atoms with Crippen LogP contribution >= 0.6 is 16.9 Å². The Bertz CT molecular complexity index is 525. The van der Waals surface area contributed by atoms with Crippen LogP contribution in [0.4, 0.5) is 0 Å². The molecule has 1 rings (SSSR count). The molecule has 0 aliphatic heterocycles. The Labute approximate surface area is 135 Å². The summed E-state index contributed by atoms with van der Waals surface area (Å²) in [5, 5.41) is 17.4. The Kier molecular flexibility index (Phi) is 7.88. The highest BCUT2D eigenvalue weighted by Crippen LogP contribution is 2.37. The summed E-state index contributed by atoms with van der Waals surface area (Å²) >= 11 is 0. The van der Waals surface area contributed by atoms with Crippen LogP contribution in [0.15, 0.2) is 6.20 Å². The zero-order valence-corrected chi connectivity index (χ0v) is 15.5. The van der Waals surface area contributed by atoms with Crippen molar-refractivity contribution < 1.29 is 38.2 Å². The maximum absolute atomic E-state index is 10.7. The van der Waals surface area contributed by atoms with Gasteiger partial charge in [0.2, 0.25) is 0 Å². The minimum atomic E-state index is -3.60. The van der Waals surface area contributed by atoms with Crippen LogP contribution in [0.1, 0.15) is 12.1 Å². The van der Waals surface area contributed by atoms with E-state index >= 15 is 0 Å². The van der Waals surface area contributed by atoms with E-state index in [1.54, 1.807) is 0 Å². The normalized spacial score (nSPS) is 16.5. The monoisotopic (exact) mass is 389 g/mol. The Morgan fingerprint density at radius 1 is 1.48 bits per heavy atom. The number of hydrogen-bond donors (Lipinski definition) is 5. The maximum Gasteiger partial charge on any atom is 0.331 e. The summed E-state index contributed by atoms with van der Waals surface area (Å²) in [6.45, 7) is 3.08. The molecule has 0 aliphatic rings. The van der Waals surface area contributed by atoms with E-state index in [2.05, 4.69) is 19.4 Å². The molecular formula is C9H21N3O8P2Si. The van der Waals surface area contributed by atoms with Crippen molar-refractivity contribution in [3.63, 3.8) is 0 Å². The smallest absolute Gasteiger partial charge is 0.331 e. The Morgan fingerprint density at radius 3 is 2.65 bits per heavy atom. The van der Waals surface area contributed by atoms with E-state index in [0.29, 0.717) is 24.6 Å². The van der Waals surface area contributed by atoms with Crippen LogP contribution in [-0.2, 0) is 26.6 Å². The van der Waals surface area contributed by atoms with Crippen molar-refractivity contribution in [2.24, 2.45) is 0 Å². The second kappa shape index (κ2) is 8.72. The zero-order chi connectivity index (χ0) is 17.7. The quantitative estimate of drug-likeness (QED) is 0.203. The molecule has 1 aromatic rings.